The number of methoxy groups -OCH3 is 1. The Kier molecular flexibility index (Phi) is 14.9. The van der Waals surface area contributed by atoms with Crippen LogP contribution in [-0.4, -0.2) is 83.7 Å². The summed E-state index contributed by atoms with van der Waals surface area (Å²) in [6, 6.07) is 0. The molecule has 0 saturated carbocycles. The van der Waals surface area contributed by atoms with Gasteiger partial charge in [0.05, 0.1) is 66.4 Å². The molecule has 0 aromatic carbocycles. The van der Waals surface area contributed by atoms with Crippen LogP contribution in [0.3, 0.4) is 0 Å². The van der Waals surface area contributed by atoms with Gasteiger partial charge in [-0.3, -0.25) is 4.79 Å². The molecule has 0 aromatic rings. The van der Waals surface area contributed by atoms with Crippen LogP contribution < -0.4 is 5.32 Å². The second kappa shape index (κ2) is 16.0. The monoisotopic (exact) mass is 323 g/mol. The number of carbonyl (C=O) groups is 2. The predicted octanol–water partition coefficient (Wildman–Crippen LogP) is -0.116. The molecule has 0 heterocycles. The molecule has 0 rings (SSSR count). The largest absolute Gasteiger partial charge is 0.481 e. The number of hydrogen-bond acceptors (Lipinski definition) is 7. The van der Waals surface area contributed by atoms with Crippen LogP contribution in [0.1, 0.15) is 6.42 Å². The molecule has 0 saturated heterocycles. The van der Waals surface area contributed by atoms with Crippen molar-refractivity contribution in [2.45, 2.75) is 6.42 Å². The lowest BCUT2D eigenvalue weighted by molar-refractivity contribution is -0.138. The Morgan fingerprint density at radius 3 is 1.73 bits per heavy atom. The van der Waals surface area contributed by atoms with Gasteiger partial charge in [0.2, 0.25) is 0 Å². The molecule has 1 amide bonds. The molecule has 0 radical (unpaired) electrons. The van der Waals surface area contributed by atoms with Crippen LogP contribution in [0, 0.1) is 0 Å². The summed E-state index contributed by atoms with van der Waals surface area (Å²) < 4.78 is 25.1. The Balaban J connectivity index is 3.02. The highest BCUT2D eigenvalue weighted by Gasteiger charge is 1.97. The fourth-order valence-corrected chi connectivity index (χ4v) is 1.22. The molecule has 0 aromatic heterocycles. The van der Waals surface area contributed by atoms with Crippen molar-refractivity contribution in [3.05, 3.63) is 0 Å². The zero-order valence-electron chi connectivity index (χ0n) is 12.9. The van der Waals surface area contributed by atoms with Crippen molar-refractivity contribution in [3.8, 4) is 0 Å². The average molecular weight is 323 g/mol. The first-order valence-corrected chi connectivity index (χ1v) is 7.01. The number of hydrogen-bond donors (Lipinski definition) is 2. The van der Waals surface area contributed by atoms with Gasteiger partial charge in [-0.25, -0.2) is 4.79 Å². The fraction of sp³-hybridized carbons (Fsp3) is 0.846. The summed E-state index contributed by atoms with van der Waals surface area (Å²) in [6.07, 6.45) is -0.484. The maximum atomic E-state index is 10.7. The highest BCUT2D eigenvalue weighted by molar-refractivity contribution is 5.67. The Morgan fingerprint density at radius 2 is 1.27 bits per heavy atom. The maximum Gasteiger partial charge on any atom is 0.406 e. The van der Waals surface area contributed by atoms with Crippen molar-refractivity contribution in [3.63, 3.8) is 0 Å². The molecule has 0 atom stereocenters. The Hall–Kier alpha value is -1.42. The lowest BCUT2D eigenvalue weighted by Gasteiger charge is -2.07. The molecule has 0 aliphatic carbocycles. The van der Waals surface area contributed by atoms with Crippen molar-refractivity contribution in [2.24, 2.45) is 0 Å². The lowest BCUT2D eigenvalue weighted by atomic mass is 10.5. The van der Waals surface area contributed by atoms with Crippen LogP contribution in [-0.2, 0) is 28.5 Å². The molecule has 0 bridgehead atoms. The summed E-state index contributed by atoms with van der Waals surface area (Å²) in [7, 11) is 1.30. The number of amides is 1. The third-order valence-corrected chi connectivity index (χ3v) is 2.28. The molecule has 22 heavy (non-hydrogen) atoms. The molecule has 0 spiro atoms. The van der Waals surface area contributed by atoms with E-state index in [9.17, 15) is 9.59 Å². The first kappa shape index (κ1) is 20.6. The Bertz CT molecular complexity index is 287. The summed E-state index contributed by atoms with van der Waals surface area (Å²) in [4.78, 5) is 20.9. The maximum absolute atomic E-state index is 10.7. The summed E-state index contributed by atoms with van der Waals surface area (Å²) in [5.74, 6) is -0.877. The van der Waals surface area contributed by atoms with Gasteiger partial charge in [0.1, 0.15) is 0 Å². The van der Waals surface area contributed by atoms with E-state index in [1.165, 1.54) is 7.11 Å². The number of carbonyl (C=O) groups excluding carboxylic acids is 1. The normalized spacial score (nSPS) is 10.4. The van der Waals surface area contributed by atoms with Crippen LogP contribution in [0.15, 0.2) is 0 Å². The van der Waals surface area contributed by atoms with Gasteiger partial charge in [-0.1, -0.05) is 0 Å². The molecule has 2 N–H and O–H groups in total. The van der Waals surface area contributed by atoms with Crippen molar-refractivity contribution in [1.29, 1.82) is 0 Å². The van der Waals surface area contributed by atoms with Crippen LogP contribution in [0.25, 0.3) is 0 Å². The summed E-state index contributed by atoms with van der Waals surface area (Å²) in [5.41, 5.74) is 0. The van der Waals surface area contributed by atoms with Crippen molar-refractivity contribution in [1.82, 2.24) is 5.32 Å². The molecular formula is C13H25NO8. The van der Waals surface area contributed by atoms with Gasteiger partial charge in [-0.2, -0.15) is 0 Å². The number of alkyl carbamates (subject to hydrolysis) is 1. The molecule has 0 aliphatic heterocycles. The third kappa shape index (κ3) is 16.6. The predicted molar refractivity (Wildman–Crippen MR) is 75.9 cm³/mol. The van der Waals surface area contributed by atoms with Gasteiger partial charge in [-0.05, 0) is 0 Å². The Morgan fingerprint density at radius 1 is 0.818 bits per heavy atom. The number of carboxylic acids is 1. The SMILES string of the molecule is COC(=O)NCCOCCOCCOCCOCCC(=O)O. The minimum atomic E-state index is -0.877. The van der Waals surface area contributed by atoms with Crippen LogP contribution in [0.2, 0.25) is 0 Å². The zero-order chi connectivity index (χ0) is 16.5. The Labute approximate surface area is 129 Å². The molecule has 9 heteroatoms. The second-order valence-corrected chi connectivity index (χ2v) is 4.01. The average Bonchev–Trinajstić information content (AvgIpc) is 2.50. The first-order valence-electron chi connectivity index (χ1n) is 7.01. The summed E-state index contributed by atoms with van der Waals surface area (Å²) in [5, 5.41) is 10.9. The van der Waals surface area contributed by atoms with Gasteiger partial charge in [-0.15, -0.1) is 0 Å². The first-order chi connectivity index (χ1) is 10.7. The fourth-order valence-electron chi connectivity index (χ4n) is 1.22. The van der Waals surface area contributed by atoms with E-state index in [0.29, 0.717) is 52.8 Å². The van der Waals surface area contributed by atoms with Gasteiger partial charge >= 0.3 is 12.1 Å². The van der Waals surface area contributed by atoms with E-state index in [1.807, 2.05) is 0 Å². The van der Waals surface area contributed by atoms with Crippen LogP contribution in [0.4, 0.5) is 4.79 Å². The van der Waals surface area contributed by atoms with E-state index in [2.05, 4.69) is 10.1 Å². The molecule has 0 fully saturated rings. The van der Waals surface area contributed by atoms with Gasteiger partial charge in [0.25, 0.3) is 0 Å². The van der Waals surface area contributed by atoms with Crippen molar-refractivity contribution >= 4 is 12.1 Å². The van der Waals surface area contributed by atoms with Crippen molar-refractivity contribution in [2.75, 3.05) is 66.5 Å². The highest BCUT2D eigenvalue weighted by atomic mass is 16.6. The number of carboxylic acid groups (broad SMARTS) is 1. The van der Waals surface area contributed by atoms with Gasteiger partial charge in [0, 0.05) is 6.54 Å². The zero-order valence-corrected chi connectivity index (χ0v) is 12.9. The second-order valence-electron chi connectivity index (χ2n) is 4.01. The number of nitrogens with one attached hydrogen (secondary N) is 1. The van der Waals surface area contributed by atoms with Crippen LogP contribution >= 0.6 is 0 Å². The quantitative estimate of drug-likeness (QED) is 0.401. The van der Waals surface area contributed by atoms with E-state index in [0.717, 1.165) is 0 Å². The molecular weight excluding hydrogens is 298 g/mol. The highest BCUT2D eigenvalue weighted by Crippen LogP contribution is 1.85. The van der Waals surface area contributed by atoms with Gasteiger partial charge < -0.3 is 34.1 Å². The molecule has 130 valence electrons. The number of aliphatic carboxylic acids is 1. The summed E-state index contributed by atoms with van der Waals surface area (Å²) in [6.45, 7) is 3.49. The van der Waals surface area contributed by atoms with E-state index in [1.54, 1.807) is 0 Å². The standard InChI is InChI=1S/C13H25NO8/c1-18-13(17)14-3-5-20-7-9-22-11-10-21-8-6-19-4-2-12(15)16/h2-11H2,1H3,(H,14,17)(H,15,16). The van der Waals surface area contributed by atoms with E-state index < -0.39 is 12.1 Å². The number of rotatable bonds is 15. The minimum Gasteiger partial charge on any atom is -0.481 e. The summed E-state index contributed by atoms with van der Waals surface area (Å²) >= 11 is 0. The molecule has 0 aliphatic rings. The lowest BCUT2D eigenvalue weighted by Crippen LogP contribution is -2.27. The van der Waals surface area contributed by atoms with Gasteiger partial charge in [0.15, 0.2) is 0 Å². The van der Waals surface area contributed by atoms with E-state index in [4.69, 9.17) is 24.1 Å². The van der Waals surface area contributed by atoms with Crippen molar-refractivity contribution < 1.29 is 38.4 Å². The van der Waals surface area contributed by atoms with Crippen LogP contribution in [0.5, 0.6) is 0 Å². The topological polar surface area (TPSA) is 113 Å². The third-order valence-electron chi connectivity index (χ3n) is 2.28. The number of ether oxygens (including phenoxy) is 5. The molecule has 9 nitrogen and oxygen atoms in total. The molecule has 0 unspecified atom stereocenters. The van der Waals surface area contributed by atoms with E-state index in [-0.39, 0.29) is 13.0 Å². The smallest absolute Gasteiger partial charge is 0.406 e. The van der Waals surface area contributed by atoms with E-state index >= 15 is 0 Å². The minimum absolute atomic E-state index is 0.00173.